The lowest BCUT2D eigenvalue weighted by atomic mass is 10.2. The van der Waals surface area contributed by atoms with Gasteiger partial charge >= 0.3 is 0 Å². The van der Waals surface area contributed by atoms with E-state index in [0.717, 1.165) is 10.9 Å². The first-order chi connectivity index (χ1) is 14.1. The Morgan fingerprint density at radius 3 is 2.79 bits per heavy atom. The van der Waals surface area contributed by atoms with Crippen LogP contribution in [-0.2, 0) is 11.3 Å². The molecule has 0 radical (unpaired) electrons. The van der Waals surface area contributed by atoms with Gasteiger partial charge in [0.15, 0.2) is 5.65 Å². The molecular formula is C20H15ClFN5OS. The van der Waals surface area contributed by atoms with E-state index >= 15 is 0 Å². The zero-order valence-corrected chi connectivity index (χ0v) is 16.6. The maximum atomic E-state index is 13.2. The molecular weight excluding hydrogens is 413 g/mol. The number of benzene rings is 2. The number of carbonyl (C=O) groups excluding carboxylic acids is 1. The van der Waals surface area contributed by atoms with E-state index in [2.05, 4.69) is 20.4 Å². The summed E-state index contributed by atoms with van der Waals surface area (Å²) in [6.45, 7) is 0.404. The van der Waals surface area contributed by atoms with Gasteiger partial charge in [-0.25, -0.2) is 19.0 Å². The van der Waals surface area contributed by atoms with Gasteiger partial charge in [0.2, 0.25) is 5.91 Å². The summed E-state index contributed by atoms with van der Waals surface area (Å²) < 4.78 is 14.8. The normalized spacial score (nSPS) is 11.0. The van der Waals surface area contributed by atoms with Crippen molar-refractivity contribution in [3.63, 3.8) is 0 Å². The molecule has 0 bridgehead atoms. The van der Waals surface area contributed by atoms with Gasteiger partial charge < -0.3 is 5.32 Å². The lowest BCUT2D eigenvalue weighted by Gasteiger charge is -2.06. The van der Waals surface area contributed by atoms with E-state index in [0.29, 0.717) is 27.9 Å². The van der Waals surface area contributed by atoms with Crippen LogP contribution >= 0.6 is 23.4 Å². The van der Waals surface area contributed by atoms with Crippen molar-refractivity contribution >= 4 is 40.3 Å². The molecule has 0 spiro atoms. The summed E-state index contributed by atoms with van der Waals surface area (Å²) in [5, 5.41) is 9.21. The third kappa shape index (κ3) is 4.55. The summed E-state index contributed by atoms with van der Waals surface area (Å²) in [4.78, 5) is 20.8. The summed E-state index contributed by atoms with van der Waals surface area (Å²) in [5.41, 5.74) is 2.21. The summed E-state index contributed by atoms with van der Waals surface area (Å²) in [6.07, 6.45) is 3.07. The predicted molar refractivity (Wildman–Crippen MR) is 111 cm³/mol. The molecule has 6 nitrogen and oxygen atoms in total. The molecule has 0 saturated carbocycles. The zero-order chi connectivity index (χ0) is 20.2. The number of thioether (sulfide) groups is 1. The number of rotatable bonds is 6. The fraction of sp³-hybridized carbons (Fsp3) is 0.100. The molecule has 4 rings (SSSR count). The number of fused-ring (bicyclic) bond motifs is 1. The van der Waals surface area contributed by atoms with E-state index in [-0.39, 0.29) is 17.5 Å². The minimum absolute atomic E-state index is 0.118. The van der Waals surface area contributed by atoms with Gasteiger partial charge in [0.05, 0.1) is 23.0 Å². The largest absolute Gasteiger partial charge is 0.351 e. The van der Waals surface area contributed by atoms with Crippen LogP contribution in [0.5, 0.6) is 0 Å². The Bertz CT molecular complexity index is 1170. The average molecular weight is 428 g/mol. The van der Waals surface area contributed by atoms with Gasteiger partial charge in [-0.15, -0.1) is 0 Å². The zero-order valence-electron chi connectivity index (χ0n) is 15.0. The Balaban J connectivity index is 1.44. The van der Waals surface area contributed by atoms with Gasteiger partial charge in [-0.05, 0) is 42.0 Å². The van der Waals surface area contributed by atoms with E-state index in [1.54, 1.807) is 29.1 Å². The molecule has 146 valence electrons. The Kier molecular flexibility index (Phi) is 5.73. The fourth-order valence-electron chi connectivity index (χ4n) is 2.74. The van der Waals surface area contributed by atoms with Crippen molar-refractivity contribution in [3.05, 3.63) is 77.5 Å². The Labute approximate surface area is 175 Å². The molecule has 0 aliphatic carbocycles. The van der Waals surface area contributed by atoms with Crippen LogP contribution in [0.4, 0.5) is 4.39 Å². The summed E-state index contributed by atoms with van der Waals surface area (Å²) in [5.74, 6) is -0.235. The lowest BCUT2D eigenvalue weighted by molar-refractivity contribution is -0.118. The van der Waals surface area contributed by atoms with E-state index in [1.165, 1.54) is 30.2 Å². The third-order valence-electron chi connectivity index (χ3n) is 4.12. The van der Waals surface area contributed by atoms with Crippen molar-refractivity contribution in [1.82, 2.24) is 25.1 Å². The second-order valence-electron chi connectivity index (χ2n) is 6.14. The Morgan fingerprint density at radius 1 is 1.17 bits per heavy atom. The van der Waals surface area contributed by atoms with E-state index < -0.39 is 0 Å². The minimum Gasteiger partial charge on any atom is -0.351 e. The smallest absolute Gasteiger partial charge is 0.230 e. The molecule has 4 aromatic rings. The van der Waals surface area contributed by atoms with Gasteiger partial charge in [0, 0.05) is 11.6 Å². The van der Waals surface area contributed by atoms with Gasteiger partial charge in [-0.1, -0.05) is 35.5 Å². The van der Waals surface area contributed by atoms with Crippen molar-refractivity contribution in [2.24, 2.45) is 0 Å². The number of carbonyl (C=O) groups is 1. The number of aromatic nitrogens is 4. The second kappa shape index (κ2) is 8.59. The second-order valence-corrected chi connectivity index (χ2v) is 7.54. The number of hydrogen-bond acceptors (Lipinski definition) is 5. The molecule has 9 heteroatoms. The standard InChI is InChI=1S/C20H15ClFN5OS/c21-14-3-1-2-13(8-14)9-23-18(28)11-29-20-17-10-26-27(19(17)24-12-25-20)16-6-4-15(22)5-7-16/h1-8,10,12H,9,11H2,(H,23,28). The number of amides is 1. The number of hydrogen-bond donors (Lipinski definition) is 1. The monoisotopic (exact) mass is 427 g/mol. The van der Waals surface area contributed by atoms with E-state index in [9.17, 15) is 9.18 Å². The van der Waals surface area contributed by atoms with Crippen molar-refractivity contribution in [1.29, 1.82) is 0 Å². The molecule has 0 aliphatic rings. The molecule has 2 aromatic heterocycles. The van der Waals surface area contributed by atoms with Crippen LogP contribution in [0.25, 0.3) is 16.7 Å². The number of nitrogens with one attached hydrogen (secondary N) is 1. The van der Waals surface area contributed by atoms with Crippen LogP contribution < -0.4 is 5.32 Å². The van der Waals surface area contributed by atoms with E-state index in [1.807, 2.05) is 18.2 Å². The predicted octanol–water partition coefficient (Wildman–Crippen LogP) is 4.02. The Hall–Kier alpha value is -2.97. The fourth-order valence-corrected chi connectivity index (χ4v) is 3.75. The highest BCUT2D eigenvalue weighted by atomic mass is 35.5. The first kappa shape index (κ1) is 19.4. The van der Waals surface area contributed by atoms with Crippen molar-refractivity contribution < 1.29 is 9.18 Å². The molecule has 1 N–H and O–H groups in total. The van der Waals surface area contributed by atoms with Crippen LogP contribution in [0.15, 0.2) is 66.1 Å². The molecule has 0 unspecified atom stereocenters. The summed E-state index contributed by atoms with van der Waals surface area (Å²) in [7, 11) is 0. The molecule has 0 aliphatic heterocycles. The topological polar surface area (TPSA) is 72.7 Å². The summed E-state index contributed by atoms with van der Waals surface area (Å²) in [6, 6.07) is 13.3. The van der Waals surface area contributed by atoms with Crippen LogP contribution in [-0.4, -0.2) is 31.4 Å². The molecule has 29 heavy (non-hydrogen) atoms. The van der Waals surface area contributed by atoms with Gasteiger partial charge in [0.1, 0.15) is 17.2 Å². The first-order valence-corrected chi connectivity index (χ1v) is 10.0. The number of halogens is 2. The van der Waals surface area contributed by atoms with Crippen LogP contribution in [0.3, 0.4) is 0 Å². The first-order valence-electron chi connectivity index (χ1n) is 8.69. The van der Waals surface area contributed by atoms with Crippen molar-refractivity contribution in [3.8, 4) is 5.69 Å². The van der Waals surface area contributed by atoms with Gasteiger partial charge in [-0.3, -0.25) is 4.79 Å². The number of nitrogens with zero attached hydrogens (tertiary/aromatic N) is 4. The lowest BCUT2D eigenvalue weighted by Crippen LogP contribution is -2.24. The molecule has 2 heterocycles. The Morgan fingerprint density at radius 2 is 2.00 bits per heavy atom. The molecule has 0 saturated heterocycles. The highest BCUT2D eigenvalue weighted by molar-refractivity contribution is 8.00. The average Bonchev–Trinajstić information content (AvgIpc) is 3.16. The van der Waals surface area contributed by atoms with Crippen LogP contribution in [0, 0.1) is 5.82 Å². The van der Waals surface area contributed by atoms with Crippen LogP contribution in [0.2, 0.25) is 5.02 Å². The quantitative estimate of drug-likeness (QED) is 0.371. The van der Waals surface area contributed by atoms with Gasteiger partial charge in [-0.2, -0.15) is 5.10 Å². The SMILES string of the molecule is O=C(CSc1ncnc2c1cnn2-c1ccc(F)cc1)NCc1cccc(Cl)c1. The van der Waals surface area contributed by atoms with E-state index in [4.69, 9.17) is 11.6 Å². The summed E-state index contributed by atoms with van der Waals surface area (Å²) >= 11 is 7.26. The molecule has 0 atom stereocenters. The van der Waals surface area contributed by atoms with Crippen LogP contribution in [0.1, 0.15) is 5.56 Å². The third-order valence-corrected chi connectivity index (χ3v) is 5.36. The molecule has 2 aromatic carbocycles. The molecule has 1 amide bonds. The van der Waals surface area contributed by atoms with Crippen molar-refractivity contribution in [2.75, 3.05) is 5.75 Å². The maximum Gasteiger partial charge on any atom is 0.230 e. The molecule has 0 fully saturated rings. The van der Waals surface area contributed by atoms with Gasteiger partial charge in [0.25, 0.3) is 0 Å². The van der Waals surface area contributed by atoms with Crippen molar-refractivity contribution in [2.45, 2.75) is 11.6 Å². The maximum absolute atomic E-state index is 13.2. The minimum atomic E-state index is -0.320. The highest BCUT2D eigenvalue weighted by Crippen LogP contribution is 2.25. The highest BCUT2D eigenvalue weighted by Gasteiger charge is 2.13.